The van der Waals surface area contributed by atoms with Crippen molar-refractivity contribution in [3.05, 3.63) is 71.4 Å². The molecule has 0 bridgehead atoms. The van der Waals surface area contributed by atoms with Crippen molar-refractivity contribution in [1.29, 1.82) is 0 Å². The smallest absolute Gasteiger partial charge is 0.287 e. The van der Waals surface area contributed by atoms with Gasteiger partial charge in [-0.3, -0.25) is 9.59 Å². The van der Waals surface area contributed by atoms with Gasteiger partial charge in [0.1, 0.15) is 5.82 Å². The van der Waals surface area contributed by atoms with Crippen LogP contribution in [0.4, 0.5) is 4.39 Å². The maximum atomic E-state index is 12.9. The normalized spacial score (nSPS) is 10.7. The Kier molecular flexibility index (Phi) is 7.43. The molecule has 1 amide bonds. The van der Waals surface area contributed by atoms with Crippen molar-refractivity contribution in [3.63, 3.8) is 0 Å². The number of unbranched alkanes of at least 4 members (excludes halogenated alkanes) is 2. The number of aryl methyl sites for hydroxylation is 2. The third-order valence-electron chi connectivity index (χ3n) is 4.70. The molecule has 0 aliphatic heterocycles. The van der Waals surface area contributed by atoms with Gasteiger partial charge in [0.15, 0.2) is 0 Å². The summed E-state index contributed by atoms with van der Waals surface area (Å²) in [6.07, 6.45) is 3.34. The van der Waals surface area contributed by atoms with Crippen LogP contribution >= 0.6 is 0 Å². The number of ketones is 1. The summed E-state index contributed by atoms with van der Waals surface area (Å²) in [5, 5.41) is 10.4. The highest BCUT2D eigenvalue weighted by molar-refractivity contribution is 6.36. The molecular weight excluding hydrogens is 385 g/mol. The van der Waals surface area contributed by atoms with E-state index < -0.39 is 11.7 Å². The Hall–Kier alpha value is -3.35. The van der Waals surface area contributed by atoms with Crippen molar-refractivity contribution in [2.75, 3.05) is 0 Å². The topological polar surface area (TPSA) is 85.1 Å². The quantitative estimate of drug-likeness (QED) is 0.401. The number of rotatable bonds is 10. The second kappa shape index (κ2) is 10.4. The van der Waals surface area contributed by atoms with E-state index in [0.29, 0.717) is 12.3 Å². The monoisotopic (exact) mass is 409 g/mol. The Bertz CT molecular complexity index is 982. The second-order valence-corrected chi connectivity index (χ2v) is 7.16. The summed E-state index contributed by atoms with van der Waals surface area (Å²) in [6, 6.07) is 14.0. The Labute approximate surface area is 174 Å². The predicted octanol–water partition coefficient (Wildman–Crippen LogP) is 4.17. The van der Waals surface area contributed by atoms with Gasteiger partial charge < -0.3 is 9.73 Å². The first-order chi connectivity index (χ1) is 14.5. The number of halogens is 1. The van der Waals surface area contributed by atoms with Crippen molar-refractivity contribution in [2.45, 2.75) is 45.6 Å². The van der Waals surface area contributed by atoms with Gasteiger partial charge in [-0.1, -0.05) is 36.2 Å². The first-order valence-electron chi connectivity index (χ1n) is 9.96. The van der Waals surface area contributed by atoms with Gasteiger partial charge in [-0.15, -0.1) is 10.2 Å². The van der Waals surface area contributed by atoms with Crippen LogP contribution in [0, 0.1) is 12.7 Å². The van der Waals surface area contributed by atoms with E-state index in [9.17, 15) is 14.0 Å². The molecule has 0 aliphatic rings. The van der Waals surface area contributed by atoms with Crippen LogP contribution in [0.5, 0.6) is 0 Å². The van der Waals surface area contributed by atoms with Crippen molar-refractivity contribution in [2.24, 2.45) is 0 Å². The number of nitrogens with one attached hydrogen (secondary N) is 1. The van der Waals surface area contributed by atoms with E-state index in [1.807, 2.05) is 31.2 Å². The lowest BCUT2D eigenvalue weighted by atomic mass is 10.0. The van der Waals surface area contributed by atoms with E-state index in [0.717, 1.165) is 36.0 Å². The first-order valence-corrected chi connectivity index (χ1v) is 9.96. The minimum absolute atomic E-state index is 0.00794. The van der Waals surface area contributed by atoms with Crippen molar-refractivity contribution >= 4 is 11.7 Å². The van der Waals surface area contributed by atoms with Crippen LogP contribution in [0.2, 0.25) is 0 Å². The van der Waals surface area contributed by atoms with E-state index >= 15 is 0 Å². The lowest BCUT2D eigenvalue weighted by Gasteiger charge is -2.03. The van der Waals surface area contributed by atoms with Gasteiger partial charge in [0.2, 0.25) is 17.6 Å². The lowest BCUT2D eigenvalue weighted by molar-refractivity contribution is -0.138. The van der Waals surface area contributed by atoms with Crippen LogP contribution in [0.3, 0.4) is 0 Å². The third-order valence-corrected chi connectivity index (χ3v) is 4.70. The minimum atomic E-state index is -0.649. The van der Waals surface area contributed by atoms with Gasteiger partial charge in [-0.2, -0.15) is 0 Å². The summed E-state index contributed by atoms with van der Waals surface area (Å²) < 4.78 is 18.4. The average molecular weight is 409 g/mol. The third kappa shape index (κ3) is 6.34. The summed E-state index contributed by atoms with van der Waals surface area (Å²) in [7, 11) is 0. The van der Waals surface area contributed by atoms with Crippen molar-refractivity contribution in [3.8, 4) is 11.5 Å². The zero-order valence-electron chi connectivity index (χ0n) is 16.9. The fraction of sp³-hybridized carbons (Fsp3) is 0.304. The highest BCUT2D eigenvalue weighted by atomic mass is 19.1. The molecule has 0 saturated carbocycles. The van der Waals surface area contributed by atoms with Crippen LogP contribution < -0.4 is 5.32 Å². The number of benzene rings is 2. The molecule has 2 aromatic carbocycles. The van der Waals surface area contributed by atoms with Crippen molar-refractivity contribution in [1.82, 2.24) is 15.5 Å². The summed E-state index contributed by atoms with van der Waals surface area (Å²) in [4.78, 5) is 23.9. The number of carbonyl (C=O) groups excluding carboxylic acids is 2. The van der Waals surface area contributed by atoms with Gasteiger partial charge in [0.05, 0.1) is 6.54 Å². The van der Waals surface area contributed by atoms with Gasteiger partial charge in [-0.25, -0.2) is 4.39 Å². The fourth-order valence-corrected chi connectivity index (χ4v) is 2.95. The predicted molar refractivity (Wildman–Crippen MR) is 110 cm³/mol. The average Bonchev–Trinajstić information content (AvgIpc) is 3.22. The molecular formula is C23H24FN3O3. The molecule has 0 atom stereocenters. The number of aromatic nitrogens is 2. The largest absolute Gasteiger partial charge is 0.419 e. The molecule has 0 radical (unpaired) electrons. The summed E-state index contributed by atoms with van der Waals surface area (Å²) in [5.41, 5.74) is 2.98. The molecule has 156 valence electrons. The zero-order chi connectivity index (χ0) is 21.3. The highest BCUT2D eigenvalue weighted by Crippen LogP contribution is 2.18. The summed E-state index contributed by atoms with van der Waals surface area (Å²) in [6.45, 7) is 2.00. The zero-order valence-corrected chi connectivity index (χ0v) is 16.9. The van der Waals surface area contributed by atoms with Crippen LogP contribution in [-0.4, -0.2) is 21.9 Å². The maximum Gasteiger partial charge on any atom is 0.287 e. The van der Waals surface area contributed by atoms with Crippen LogP contribution in [0.25, 0.3) is 11.5 Å². The van der Waals surface area contributed by atoms with Gasteiger partial charge in [0, 0.05) is 12.0 Å². The van der Waals surface area contributed by atoms with E-state index in [1.54, 1.807) is 12.1 Å². The Morgan fingerprint density at radius 1 is 0.967 bits per heavy atom. The summed E-state index contributed by atoms with van der Waals surface area (Å²) >= 11 is 0. The number of hydrogen-bond donors (Lipinski definition) is 1. The molecule has 0 saturated heterocycles. The van der Waals surface area contributed by atoms with Gasteiger partial charge in [0.25, 0.3) is 5.91 Å². The van der Waals surface area contributed by atoms with Crippen LogP contribution in [0.1, 0.15) is 42.7 Å². The maximum absolute atomic E-state index is 12.9. The molecule has 3 aromatic rings. The molecule has 1 aromatic heterocycles. The van der Waals surface area contributed by atoms with Gasteiger partial charge in [-0.05, 0) is 56.0 Å². The molecule has 1 heterocycles. The molecule has 30 heavy (non-hydrogen) atoms. The number of amides is 1. The Morgan fingerprint density at radius 3 is 2.43 bits per heavy atom. The highest BCUT2D eigenvalue weighted by Gasteiger charge is 2.15. The number of hydrogen-bond acceptors (Lipinski definition) is 5. The molecule has 1 N–H and O–H groups in total. The Balaban J connectivity index is 1.35. The Morgan fingerprint density at radius 2 is 1.70 bits per heavy atom. The minimum Gasteiger partial charge on any atom is -0.419 e. The van der Waals surface area contributed by atoms with E-state index in [2.05, 4.69) is 15.5 Å². The van der Waals surface area contributed by atoms with Crippen molar-refractivity contribution < 1.29 is 18.4 Å². The van der Waals surface area contributed by atoms with Crippen LogP contribution in [0.15, 0.2) is 52.9 Å². The second-order valence-electron chi connectivity index (χ2n) is 7.16. The molecule has 0 aliphatic carbocycles. The van der Waals surface area contributed by atoms with E-state index in [4.69, 9.17) is 4.42 Å². The van der Waals surface area contributed by atoms with Gasteiger partial charge >= 0.3 is 0 Å². The van der Waals surface area contributed by atoms with Crippen LogP contribution in [-0.2, 0) is 22.6 Å². The molecule has 0 unspecified atom stereocenters. The molecule has 7 heteroatoms. The lowest BCUT2D eigenvalue weighted by Crippen LogP contribution is -2.30. The molecule has 3 rings (SSSR count). The fourth-order valence-electron chi connectivity index (χ4n) is 2.95. The number of carbonyl (C=O) groups is 2. The SMILES string of the molecule is Cc1ccc(-c2nnc(CNC(=O)C(=O)CCCCCc3ccc(F)cc3)o2)cc1. The first kappa shape index (κ1) is 21.4. The van der Waals surface area contributed by atoms with E-state index in [1.165, 1.54) is 12.1 Å². The number of nitrogens with zero attached hydrogens (tertiary/aromatic N) is 2. The summed E-state index contributed by atoms with van der Waals surface area (Å²) in [5.74, 6) is -0.751. The molecule has 0 spiro atoms. The standard InChI is InChI=1S/C23H24FN3O3/c1-16-7-11-18(12-8-16)23-27-26-21(30-23)15-25-22(29)20(28)6-4-2-3-5-17-9-13-19(24)14-10-17/h7-14H,2-6,15H2,1H3,(H,25,29). The van der Waals surface area contributed by atoms with E-state index in [-0.39, 0.29) is 24.7 Å². The number of Topliss-reactive ketones (excluding diaryl/α,β-unsaturated/α-hetero) is 1. The molecule has 6 nitrogen and oxygen atoms in total. The molecule has 0 fully saturated rings.